The summed E-state index contributed by atoms with van der Waals surface area (Å²) in [7, 11) is 0. The minimum Gasteiger partial charge on any atom is -0.493 e. The van der Waals surface area contributed by atoms with Crippen LogP contribution in [-0.2, 0) is 20.7 Å². The van der Waals surface area contributed by atoms with Crippen molar-refractivity contribution in [2.45, 2.75) is 32.2 Å². The van der Waals surface area contributed by atoms with Gasteiger partial charge in [0.15, 0.2) is 6.04 Å². The van der Waals surface area contributed by atoms with E-state index in [1.807, 2.05) is 13.0 Å². The number of carboxylic acid groups (broad SMARTS) is 1. The van der Waals surface area contributed by atoms with E-state index in [1.54, 1.807) is 12.1 Å². The van der Waals surface area contributed by atoms with Gasteiger partial charge in [0.2, 0.25) is 5.91 Å². The fourth-order valence-corrected chi connectivity index (χ4v) is 3.38. The topological polar surface area (TPSA) is 84.9 Å². The van der Waals surface area contributed by atoms with Gasteiger partial charge in [-0.15, -0.1) is 0 Å². The lowest BCUT2D eigenvalue weighted by Crippen LogP contribution is -2.40. The highest BCUT2D eigenvalue weighted by atomic mass is 16.5. The first-order valence-electron chi connectivity index (χ1n) is 8.43. The van der Waals surface area contributed by atoms with Crippen LogP contribution in [0.2, 0.25) is 0 Å². The fraction of sp³-hybridized carbons (Fsp3) is 0.556. The molecule has 1 aromatic carbocycles. The third-order valence-electron chi connectivity index (χ3n) is 4.97. The summed E-state index contributed by atoms with van der Waals surface area (Å²) in [5, 5.41) is 12.3. The molecule has 0 aromatic heterocycles. The molecule has 2 atom stereocenters. The number of fused-ring (bicyclic) bond motifs is 1. The number of carbonyl (C=O) groups excluding carboxylic acids is 1. The standard InChI is InChI=1S/C18H23NO5/c1-11(12-4-7-23-8-5-12)17(20)19-16(18(21)22)14-2-3-15-13(10-14)6-9-24-15/h2-3,10-12,16H,4-9H2,1H3,(H,19,20)(H,21,22). The summed E-state index contributed by atoms with van der Waals surface area (Å²) in [5.74, 6) is -0.465. The van der Waals surface area contributed by atoms with Gasteiger partial charge in [-0.1, -0.05) is 13.0 Å². The van der Waals surface area contributed by atoms with Crippen LogP contribution in [0.1, 0.15) is 36.9 Å². The molecular weight excluding hydrogens is 310 g/mol. The molecule has 24 heavy (non-hydrogen) atoms. The molecule has 1 saturated heterocycles. The molecule has 3 rings (SSSR count). The van der Waals surface area contributed by atoms with Crippen molar-refractivity contribution < 1.29 is 24.2 Å². The van der Waals surface area contributed by atoms with Crippen molar-refractivity contribution in [3.05, 3.63) is 29.3 Å². The molecule has 1 aromatic rings. The van der Waals surface area contributed by atoms with Crippen LogP contribution in [0.4, 0.5) is 0 Å². The van der Waals surface area contributed by atoms with E-state index in [9.17, 15) is 14.7 Å². The van der Waals surface area contributed by atoms with E-state index in [-0.39, 0.29) is 17.7 Å². The minimum absolute atomic E-state index is 0.217. The van der Waals surface area contributed by atoms with Gasteiger partial charge in [-0.3, -0.25) is 4.79 Å². The van der Waals surface area contributed by atoms with E-state index >= 15 is 0 Å². The zero-order valence-electron chi connectivity index (χ0n) is 13.8. The lowest BCUT2D eigenvalue weighted by molar-refractivity contribution is -0.143. The van der Waals surface area contributed by atoms with Gasteiger partial charge in [0.05, 0.1) is 6.61 Å². The third kappa shape index (κ3) is 3.53. The number of ether oxygens (including phenoxy) is 2. The van der Waals surface area contributed by atoms with Gasteiger partial charge >= 0.3 is 5.97 Å². The monoisotopic (exact) mass is 333 g/mol. The van der Waals surface area contributed by atoms with E-state index in [0.29, 0.717) is 25.4 Å². The van der Waals surface area contributed by atoms with Gasteiger partial charge in [0.25, 0.3) is 0 Å². The molecule has 2 aliphatic rings. The summed E-state index contributed by atoms with van der Waals surface area (Å²) < 4.78 is 10.8. The van der Waals surface area contributed by atoms with Crippen molar-refractivity contribution >= 4 is 11.9 Å². The van der Waals surface area contributed by atoms with E-state index in [4.69, 9.17) is 9.47 Å². The minimum atomic E-state index is -1.05. The first kappa shape index (κ1) is 16.8. The van der Waals surface area contributed by atoms with Gasteiger partial charge in [-0.2, -0.15) is 0 Å². The van der Waals surface area contributed by atoms with Crippen LogP contribution in [0.3, 0.4) is 0 Å². The number of rotatable bonds is 5. The van der Waals surface area contributed by atoms with E-state index in [1.165, 1.54) is 0 Å². The molecule has 1 fully saturated rings. The molecule has 0 radical (unpaired) electrons. The summed E-state index contributed by atoms with van der Waals surface area (Å²) in [6, 6.07) is 4.27. The first-order valence-corrected chi connectivity index (χ1v) is 8.43. The van der Waals surface area contributed by atoms with Crippen LogP contribution in [-0.4, -0.2) is 36.8 Å². The number of hydrogen-bond donors (Lipinski definition) is 2. The molecule has 0 saturated carbocycles. The molecule has 6 heteroatoms. The zero-order chi connectivity index (χ0) is 17.1. The fourth-order valence-electron chi connectivity index (χ4n) is 3.38. The molecule has 0 bridgehead atoms. The van der Waals surface area contributed by atoms with Gasteiger partial charge in [0, 0.05) is 25.6 Å². The Morgan fingerprint density at radius 1 is 1.25 bits per heavy atom. The summed E-state index contributed by atoms with van der Waals surface area (Å²) in [5.41, 5.74) is 1.57. The van der Waals surface area contributed by atoms with E-state index in [2.05, 4.69) is 5.32 Å². The highest BCUT2D eigenvalue weighted by Gasteiger charge is 2.30. The van der Waals surface area contributed by atoms with Crippen molar-refractivity contribution in [2.75, 3.05) is 19.8 Å². The maximum atomic E-state index is 12.5. The second kappa shape index (κ2) is 7.21. The summed E-state index contributed by atoms with van der Waals surface area (Å²) in [6.45, 7) is 3.80. The number of carboxylic acids is 1. The predicted molar refractivity (Wildman–Crippen MR) is 86.9 cm³/mol. The Labute approximate surface area is 141 Å². The average molecular weight is 333 g/mol. The number of amides is 1. The van der Waals surface area contributed by atoms with Crippen molar-refractivity contribution in [3.8, 4) is 5.75 Å². The van der Waals surface area contributed by atoms with Crippen LogP contribution in [0.5, 0.6) is 5.75 Å². The third-order valence-corrected chi connectivity index (χ3v) is 4.97. The smallest absolute Gasteiger partial charge is 0.330 e. The summed E-state index contributed by atoms with van der Waals surface area (Å²) in [4.78, 5) is 24.2. The average Bonchev–Trinajstić information content (AvgIpc) is 3.06. The molecule has 1 amide bonds. The SMILES string of the molecule is CC(C(=O)NC(C(=O)O)c1ccc2c(c1)CCO2)C1CCOCC1. The molecule has 2 heterocycles. The highest BCUT2D eigenvalue weighted by molar-refractivity contribution is 5.86. The summed E-state index contributed by atoms with van der Waals surface area (Å²) >= 11 is 0. The van der Waals surface area contributed by atoms with Crippen molar-refractivity contribution in [1.29, 1.82) is 0 Å². The molecule has 0 spiro atoms. The Morgan fingerprint density at radius 2 is 2.00 bits per heavy atom. The van der Waals surface area contributed by atoms with Crippen LogP contribution >= 0.6 is 0 Å². The van der Waals surface area contributed by atoms with Gasteiger partial charge in [0.1, 0.15) is 5.75 Å². The largest absolute Gasteiger partial charge is 0.493 e. The van der Waals surface area contributed by atoms with Gasteiger partial charge in [-0.25, -0.2) is 4.79 Å². The Bertz CT molecular complexity index is 624. The molecular formula is C18H23NO5. The van der Waals surface area contributed by atoms with Crippen LogP contribution in [0.15, 0.2) is 18.2 Å². The lowest BCUT2D eigenvalue weighted by Gasteiger charge is -2.28. The Hall–Kier alpha value is -2.08. The van der Waals surface area contributed by atoms with Gasteiger partial charge in [-0.05, 0) is 42.0 Å². The Morgan fingerprint density at radius 3 is 2.71 bits per heavy atom. The van der Waals surface area contributed by atoms with Crippen molar-refractivity contribution in [3.63, 3.8) is 0 Å². The second-order valence-corrected chi connectivity index (χ2v) is 6.48. The second-order valence-electron chi connectivity index (χ2n) is 6.48. The Balaban J connectivity index is 1.71. The van der Waals surface area contributed by atoms with E-state index in [0.717, 1.165) is 30.6 Å². The molecule has 2 aliphatic heterocycles. The lowest BCUT2D eigenvalue weighted by atomic mass is 9.86. The maximum absolute atomic E-state index is 12.5. The van der Waals surface area contributed by atoms with E-state index < -0.39 is 12.0 Å². The molecule has 130 valence electrons. The number of hydrogen-bond acceptors (Lipinski definition) is 4. The maximum Gasteiger partial charge on any atom is 0.330 e. The molecule has 2 N–H and O–H groups in total. The zero-order valence-corrected chi connectivity index (χ0v) is 13.8. The predicted octanol–water partition coefficient (Wildman–Crippen LogP) is 1.93. The number of nitrogens with one attached hydrogen (secondary N) is 1. The number of benzene rings is 1. The molecule has 6 nitrogen and oxygen atoms in total. The van der Waals surface area contributed by atoms with Crippen LogP contribution < -0.4 is 10.1 Å². The normalized spacial score (nSPS) is 19.9. The first-order chi connectivity index (χ1) is 11.6. The quantitative estimate of drug-likeness (QED) is 0.860. The Kier molecular flexibility index (Phi) is 5.04. The highest BCUT2D eigenvalue weighted by Crippen LogP contribution is 2.29. The van der Waals surface area contributed by atoms with Crippen molar-refractivity contribution in [1.82, 2.24) is 5.32 Å². The van der Waals surface area contributed by atoms with Gasteiger partial charge < -0.3 is 19.9 Å². The number of aliphatic carboxylic acids is 1. The number of carbonyl (C=O) groups is 2. The molecule has 2 unspecified atom stereocenters. The molecule has 0 aliphatic carbocycles. The van der Waals surface area contributed by atoms with Crippen LogP contribution in [0, 0.1) is 11.8 Å². The van der Waals surface area contributed by atoms with Crippen LogP contribution in [0.25, 0.3) is 0 Å². The van der Waals surface area contributed by atoms with Crippen molar-refractivity contribution in [2.24, 2.45) is 11.8 Å². The summed E-state index contributed by atoms with van der Waals surface area (Å²) in [6.07, 6.45) is 2.44.